The van der Waals surface area contributed by atoms with Gasteiger partial charge in [-0.15, -0.1) is 0 Å². The molecule has 0 radical (unpaired) electrons. The van der Waals surface area contributed by atoms with E-state index in [0.29, 0.717) is 0 Å². The van der Waals surface area contributed by atoms with Crippen molar-refractivity contribution in [1.29, 1.82) is 0 Å². The third-order valence-electron chi connectivity index (χ3n) is 4.11. The highest BCUT2D eigenvalue weighted by Gasteiger charge is 2.36. The molecule has 0 bridgehead atoms. The zero-order chi connectivity index (χ0) is 14.6. The highest BCUT2D eigenvalue weighted by atomic mass is 35.5. The van der Waals surface area contributed by atoms with Crippen molar-refractivity contribution in [2.75, 3.05) is 26.3 Å². The summed E-state index contributed by atoms with van der Waals surface area (Å²) in [5.74, 6) is 0. The lowest BCUT2D eigenvalue weighted by Gasteiger charge is -2.28. The second-order valence-electron chi connectivity index (χ2n) is 5.82. The molecule has 2 rings (SSSR count). The maximum Gasteiger partial charge on any atom is 0.0847 e. The van der Waals surface area contributed by atoms with Crippen LogP contribution in [0.15, 0.2) is 0 Å². The lowest BCUT2D eigenvalue weighted by atomic mass is 9.82. The van der Waals surface area contributed by atoms with E-state index in [1.807, 2.05) is 11.6 Å². The van der Waals surface area contributed by atoms with E-state index >= 15 is 0 Å². The molecule has 2 heterocycles. The summed E-state index contributed by atoms with van der Waals surface area (Å²) in [6.45, 7) is 10.9. The number of hydrogen-bond acceptors (Lipinski definition) is 3. The normalized spacial score (nSPS) is 22.6. The minimum atomic E-state index is 0.165. The van der Waals surface area contributed by atoms with Crippen molar-refractivity contribution in [1.82, 2.24) is 15.1 Å². The minimum absolute atomic E-state index is 0.165. The summed E-state index contributed by atoms with van der Waals surface area (Å²) in [5.41, 5.74) is 2.26. The van der Waals surface area contributed by atoms with Crippen molar-refractivity contribution in [3.8, 4) is 0 Å². The Morgan fingerprint density at radius 3 is 2.85 bits per heavy atom. The summed E-state index contributed by atoms with van der Waals surface area (Å²) in [5, 5.41) is 8.90. The quantitative estimate of drug-likeness (QED) is 0.787. The first-order valence-electron chi connectivity index (χ1n) is 7.62. The smallest absolute Gasteiger partial charge is 0.0847 e. The van der Waals surface area contributed by atoms with Gasteiger partial charge in [-0.05, 0) is 39.7 Å². The maximum absolute atomic E-state index is 6.45. The number of hydrogen-bond donors (Lipinski definition) is 1. The van der Waals surface area contributed by atoms with Crippen molar-refractivity contribution in [2.45, 2.75) is 46.6 Å². The highest BCUT2D eigenvalue weighted by molar-refractivity contribution is 6.31. The monoisotopic (exact) mass is 299 g/mol. The van der Waals surface area contributed by atoms with Gasteiger partial charge >= 0.3 is 0 Å². The minimum Gasteiger partial charge on any atom is -0.381 e. The summed E-state index contributed by atoms with van der Waals surface area (Å²) in [6.07, 6.45) is 3.19. The topological polar surface area (TPSA) is 39.1 Å². The Bertz CT molecular complexity index is 439. The molecule has 4 nitrogen and oxygen atoms in total. The van der Waals surface area contributed by atoms with Crippen molar-refractivity contribution in [2.24, 2.45) is 5.41 Å². The van der Waals surface area contributed by atoms with Crippen LogP contribution in [0.5, 0.6) is 0 Å². The Kier molecular flexibility index (Phi) is 5.47. The van der Waals surface area contributed by atoms with Crippen LogP contribution in [0.1, 0.15) is 38.1 Å². The molecule has 1 aromatic heterocycles. The largest absolute Gasteiger partial charge is 0.381 e. The first kappa shape index (κ1) is 15.8. The molecule has 1 saturated heterocycles. The van der Waals surface area contributed by atoms with E-state index in [9.17, 15) is 0 Å². The van der Waals surface area contributed by atoms with E-state index < -0.39 is 0 Å². The van der Waals surface area contributed by atoms with Gasteiger partial charge in [0.25, 0.3) is 0 Å². The second kappa shape index (κ2) is 6.92. The number of nitrogens with zero attached hydrogens (tertiary/aromatic N) is 2. The molecular formula is C15H26ClN3O. The molecule has 20 heavy (non-hydrogen) atoms. The molecule has 0 saturated carbocycles. The van der Waals surface area contributed by atoms with Gasteiger partial charge in [-0.25, -0.2) is 0 Å². The van der Waals surface area contributed by atoms with E-state index in [0.717, 1.165) is 68.5 Å². The van der Waals surface area contributed by atoms with Crippen molar-refractivity contribution in [3.63, 3.8) is 0 Å². The average molecular weight is 300 g/mol. The van der Waals surface area contributed by atoms with Crippen LogP contribution in [-0.2, 0) is 17.7 Å². The van der Waals surface area contributed by atoms with Gasteiger partial charge in [0.2, 0.25) is 0 Å². The standard InChI is InChI=1S/C15H26ClN3O/c1-4-7-17-10-15(6-8-20-11-15)9-13-14(16)12(3)18-19(13)5-2/h17H,4-11H2,1-3H3. The van der Waals surface area contributed by atoms with E-state index in [-0.39, 0.29) is 5.41 Å². The van der Waals surface area contributed by atoms with Gasteiger partial charge in [0.05, 0.1) is 23.0 Å². The van der Waals surface area contributed by atoms with Crippen LogP contribution >= 0.6 is 11.6 Å². The molecule has 0 spiro atoms. The van der Waals surface area contributed by atoms with E-state index in [1.54, 1.807) is 0 Å². The zero-order valence-corrected chi connectivity index (χ0v) is 13.6. The third kappa shape index (κ3) is 3.35. The van der Waals surface area contributed by atoms with E-state index in [2.05, 4.69) is 24.3 Å². The summed E-state index contributed by atoms with van der Waals surface area (Å²) in [7, 11) is 0. The molecule has 1 aromatic rings. The molecule has 0 aromatic carbocycles. The van der Waals surface area contributed by atoms with Gasteiger partial charge in [-0.2, -0.15) is 5.10 Å². The highest BCUT2D eigenvalue weighted by Crippen LogP contribution is 2.35. The van der Waals surface area contributed by atoms with Crippen molar-refractivity contribution in [3.05, 3.63) is 16.4 Å². The molecule has 1 unspecified atom stereocenters. The number of aryl methyl sites for hydroxylation is 2. The van der Waals surface area contributed by atoms with Gasteiger partial charge in [-0.3, -0.25) is 4.68 Å². The maximum atomic E-state index is 6.45. The Morgan fingerprint density at radius 2 is 2.25 bits per heavy atom. The first-order chi connectivity index (χ1) is 9.62. The Labute approximate surface area is 126 Å². The van der Waals surface area contributed by atoms with Crippen LogP contribution in [-0.4, -0.2) is 36.1 Å². The van der Waals surface area contributed by atoms with Crippen LogP contribution in [0, 0.1) is 12.3 Å². The Balaban J connectivity index is 2.15. The summed E-state index contributed by atoms with van der Waals surface area (Å²) < 4.78 is 7.71. The van der Waals surface area contributed by atoms with Crippen LogP contribution in [0.4, 0.5) is 0 Å². The van der Waals surface area contributed by atoms with Crippen LogP contribution in [0.2, 0.25) is 5.02 Å². The fraction of sp³-hybridized carbons (Fsp3) is 0.800. The first-order valence-corrected chi connectivity index (χ1v) is 8.00. The number of ether oxygens (including phenoxy) is 1. The van der Waals surface area contributed by atoms with Crippen LogP contribution in [0.25, 0.3) is 0 Å². The molecule has 1 fully saturated rings. The molecule has 5 heteroatoms. The predicted octanol–water partition coefficient (Wildman–Crippen LogP) is 2.81. The third-order valence-corrected chi connectivity index (χ3v) is 4.60. The Morgan fingerprint density at radius 1 is 1.45 bits per heavy atom. The number of aromatic nitrogens is 2. The zero-order valence-electron chi connectivity index (χ0n) is 12.8. The van der Waals surface area contributed by atoms with E-state index in [1.165, 1.54) is 0 Å². The van der Waals surface area contributed by atoms with Crippen molar-refractivity contribution < 1.29 is 4.74 Å². The van der Waals surface area contributed by atoms with Crippen LogP contribution in [0.3, 0.4) is 0 Å². The second-order valence-corrected chi connectivity index (χ2v) is 6.20. The number of halogens is 1. The number of nitrogens with one attached hydrogen (secondary N) is 1. The molecule has 0 amide bonds. The fourth-order valence-corrected chi connectivity index (χ4v) is 3.12. The predicted molar refractivity (Wildman–Crippen MR) is 82.4 cm³/mol. The van der Waals surface area contributed by atoms with E-state index in [4.69, 9.17) is 16.3 Å². The molecule has 1 N–H and O–H groups in total. The molecule has 114 valence electrons. The lowest BCUT2D eigenvalue weighted by molar-refractivity contribution is 0.148. The summed E-state index contributed by atoms with van der Waals surface area (Å²) in [4.78, 5) is 0. The van der Waals surface area contributed by atoms with Gasteiger partial charge in [0, 0.05) is 25.1 Å². The fourth-order valence-electron chi connectivity index (χ4n) is 2.91. The molecule has 1 atom stereocenters. The van der Waals surface area contributed by atoms with Gasteiger partial charge < -0.3 is 10.1 Å². The van der Waals surface area contributed by atoms with Crippen molar-refractivity contribution >= 4 is 11.6 Å². The van der Waals surface area contributed by atoms with Gasteiger partial charge in [-0.1, -0.05) is 18.5 Å². The summed E-state index contributed by atoms with van der Waals surface area (Å²) in [6, 6.07) is 0. The molecule has 1 aliphatic heterocycles. The molecule has 0 aliphatic carbocycles. The van der Waals surface area contributed by atoms with Crippen LogP contribution < -0.4 is 5.32 Å². The van der Waals surface area contributed by atoms with Gasteiger partial charge in [0.1, 0.15) is 0 Å². The SMILES string of the molecule is CCCNCC1(Cc2c(Cl)c(C)nn2CC)CCOC1. The Hall–Kier alpha value is -0.580. The van der Waals surface area contributed by atoms with Gasteiger partial charge in [0.15, 0.2) is 0 Å². The molecule has 1 aliphatic rings. The number of rotatable bonds is 7. The summed E-state index contributed by atoms with van der Waals surface area (Å²) >= 11 is 6.45. The lowest BCUT2D eigenvalue weighted by Crippen LogP contribution is -2.37. The average Bonchev–Trinajstić information content (AvgIpc) is 3.00. The molecular weight excluding hydrogens is 274 g/mol.